The Balaban J connectivity index is 2.64. The van der Waals surface area contributed by atoms with Crippen LogP contribution in [0.15, 0.2) is 0 Å². The highest BCUT2D eigenvalue weighted by Crippen LogP contribution is 2.07. The van der Waals surface area contributed by atoms with Gasteiger partial charge in [0, 0.05) is 20.1 Å². The Morgan fingerprint density at radius 1 is 1.40 bits per heavy atom. The van der Waals surface area contributed by atoms with Crippen molar-refractivity contribution in [2.24, 2.45) is 0 Å². The molecule has 1 N–H and O–H groups in total. The van der Waals surface area contributed by atoms with Crippen molar-refractivity contribution in [3.63, 3.8) is 0 Å². The van der Waals surface area contributed by atoms with Crippen molar-refractivity contribution < 1.29 is 9.84 Å². The van der Waals surface area contributed by atoms with E-state index in [0.29, 0.717) is 5.82 Å². The number of hydrogen-bond donors (Lipinski definition) is 1. The highest BCUT2D eigenvalue weighted by atomic mass is 16.5. The van der Waals surface area contributed by atoms with Crippen LogP contribution in [0, 0.1) is 0 Å². The zero-order chi connectivity index (χ0) is 11.3. The SMILES string of the molecule is CCn1c(CO)nnc1CCC(C)OC. The molecule has 0 spiro atoms. The molecule has 0 amide bonds. The summed E-state index contributed by atoms with van der Waals surface area (Å²) in [7, 11) is 1.70. The molecule has 86 valence electrons. The van der Waals surface area contributed by atoms with Gasteiger partial charge in [0.2, 0.25) is 0 Å². The van der Waals surface area contributed by atoms with Gasteiger partial charge in [-0.15, -0.1) is 10.2 Å². The van der Waals surface area contributed by atoms with Gasteiger partial charge in [0.15, 0.2) is 5.82 Å². The van der Waals surface area contributed by atoms with Gasteiger partial charge in [0.25, 0.3) is 0 Å². The predicted octanol–water partition coefficient (Wildman–Crippen LogP) is 0.758. The lowest BCUT2D eigenvalue weighted by Gasteiger charge is -2.09. The molecule has 0 saturated heterocycles. The fraction of sp³-hybridized carbons (Fsp3) is 0.800. The third kappa shape index (κ3) is 3.00. The number of nitrogens with zero attached hydrogens (tertiary/aromatic N) is 3. The van der Waals surface area contributed by atoms with Crippen LogP contribution >= 0.6 is 0 Å². The van der Waals surface area contributed by atoms with Crippen LogP contribution in [-0.2, 0) is 24.3 Å². The van der Waals surface area contributed by atoms with E-state index in [1.54, 1.807) is 7.11 Å². The van der Waals surface area contributed by atoms with E-state index >= 15 is 0 Å². The quantitative estimate of drug-likeness (QED) is 0.757. The summed E-state index contributed by atoms with van der Waals surface area (Å²) in [5.41, 5.74) is 0. The van der Waals surface area contributed by atoms with E-state index < -0.39 is 0 Å². The lowest BCUT2D eigenvalue weighted by molar-refractivity contribution is 0.110. The highest BCUT2D eigenvalue weighted by molar-refractivity contribution is 4.95. The van der Waals surface area contributed by atoms with E-state index in [2.05, 4.69) is 10.2 Å². The number of methoxy groups -OCH3 is 1. The molecule has 0 aliphatic heterocycles. The fourth-order valence-corrected chi connectivity index (χ4v) is 1.49. The number of ether oxygens (including phenoxy) is 1. The van der Waals surface area contributed by atoms with Crippen molar-refractivity contribution >= 4 is 0 Å². The van der Waals surface area contributed by atoms with E-state index in [4.69, 9.17) is 9.84 Å². The minimum Gasteiger partial charge on any atom is -0.388 e. The third-order valence-corrected chi connectivity index (χ3v) is 2.54. The molecule has 5 heteroatoms. The van der Waals surface area contributed by atoms with Crippen LogP contribution in [0.25, 0.3) is 0 Å². The summed E-state index contributed by atoms with van der Waals surface area (Å²) in [6.45, 7) is 4.78. The summed E-state index contributed by atoms with van der Waals surface area (Å²) < 4.78 is 7.12. The maximum Gasteiger partial charge on any atom is 0.158 e. The number of hydrogen-bond acceptors (Lipinski definition) is 4. The molecule has 0 fully saturated rings. The second kappa shape index (κ2) is 5.82. The minimum atomic E-state index is -0.0549. The Labute approximate surface area is 90.1 Å². The second-order valence-corrected chi connectivity index (χ2v) is 3.52. The normalized spacial score (nSPS) is 13.1. The van der Waals surface area contributed by atoms with Crippen LogP contribution in [0.3, 0.4) is 0 Å². The molecule has 0 aliphatic carbocycles. The van der Waals surface area contributed by atoms with Gasteiger partial charge in [0.1, 0.15) is 12.4 Å². The first-order valence-corrected chi connectivity index (χ1v) is 5.27. The van der Waals surface area contributed by atoms with Crippen molar-refractivity contribution in [2.45, 2.75) is 45.9 Å². The molecule has 1 unspecified atom stereocenters. The lowest BCUT2D eigenvalue weighted by Crippen LogP contribution is -2.11. The van der Waals surface area contributed by atoms with Gasteiger partial charge in [-0.25, -0.2) is 0 Å². The molecule has 1 aromatic rings. The first kappa shape index (κ1) is 12.1. The third-order valence-electron chi connectivity index (χ3n) is 2.54. The summed E-state index contributed by atoms with van der Waals surface area (Å²) in [6.07, 6.45) is 1.97. The summed E-state index contributed by atoms with van der Waals surface area (Å²) in [5, 5.41) is 17.0. The maximum absolute atomic E-state index is 9.04. The average Bonchev–Trinajstić information content (AvgIpc) is 2.67. The Kier molecular flexibility index (Phi) is 4.71. The van der Waals surface area contributed by atoms with Crippen LogP contribution < -0.4 is 0 Å². The molecule has 0 aromatic carbocycles. The van der Waals surface area contributed by atoms with Crippen molar-refractivity contribution in [1.29, 1.82) is 0 Å². The van der Waals surface area contributed by atoms with Gasteiger partial charge in [-0.2, -0.15) is 0 Å². The summed E-state index contributed by atoms with van der Waals surface area (Å²) in [4.78, 5) is 0. The molecular formula is C10H19N3O2. The van der Waals surface area contributed by atoms with Crippen molar-refractivity contribution in [2.75, 3.05) is 7.11 Å². The van der Waals surface area contributed by atoms with Crippen LogP contribution in [-0.4, -0.2) is 33.1 Å². The van der Waals surface area contributed by atoms with Crippen LogP contribution in [0.4, 0.5) is 0 Å². The fourth-order valence-electron chi connectivity index (χ4n) is 1.49. The highest BCUT2D eigenvalue weighted by Gasteiger charge is 2.10. The second-order valence-electron chi connectivity index (χ2n) is 3.52. The van der Waals surface area contributed by atoms with E-state index in [1.807, 2.05) is 18.4 Å². The molecule has 1 rings (SSSR count). The number of aryl methyl sites for hydroxylation is 1. The first-order chi connectivity index (χ1) is 7.22. The van der Waals surface area contributed by atoms with Gasteiger partial charge in [-0.1, -0.05) is 0 Å². The Hall–Kier alpha value is -0.940. The summed E-state index contributed by atoms with van der Waals surface area (Å²) in [5.74, 6) is 1.56. The Bertz CT molecular complexity index is 299. The average molecular weight is 213 g/mol. The first-order valence-electron chi connectivity index (χ1n) is 5.27. The molecule has 1 atom stereocenters. The van der Waals surface area contributed by atoms with Crippen molar-refractivity contribution in [1.82, 2.24) is 14.8 Å². The van der Waals surface area contributed by atoms with Gasteiger partial charge in [-0.05, 0) is 20.3 Å². The zero-order valence-electron chi connectivity index (χ0n) is 9.60. The number of aliphatic hydroxyl groups is 1. The van der Waals surface area contributed by atoms with Gasteiger partial charge in [0.05, 0.1) is 6.10 Å². The summed E-state index contributed by atoms with van der Waals surface area (Å²) >= 11 is 0. The smallest absolute Gasteiger partial charge is 0.158 e. The van der Waals surface area contributed by atoms with E-state index in [0.717, 1.165) is 25.2 Å². The van der Waals surface area contributed by atoms with Gasteiger partial charge < -0.3 is 14.4 Å². The Morgan fingerprint density at radius 3 is 2.60 bits per heavy atom. The van der Waals surface area contributed by atoms with Gasteiger partial charge in [-0.3, -0.25) is 0 Å². The molecule has 0 aliphatic rings. The number of aromatic nitrogens is 3. The molecule has 5 nitrogen and oxygen atoms in total. The minimum absolute atomic E-state index is 0.0549. The van der Waals surface area contributed by atoms with E-state index in [9.17, 15) is 0 Å². The van der Waals surface area contributed by atoms with E-state index in [-0.39, 0.29) is 12.7 Å². The maximum atomic E-state index is 9.04. The predicted molar refractivity (Wildman–Crippen MR) is 56.4 cm³/mol. The number of rotatable bonds is 6. The van der Waals surface area contributed by atoms with Crippen LogP contribution in [0.1, 0.15) is 31.9 Å². The standard InChI is InChI=1S/C10H19N3O2/c1-4-13-9(6-5-8(2)15-3)11-12-10(13)7-14/h8,14H,4-7H2,1-3H3. The van der Waals surface area contributed by atoms with E-state index in [1.165, 1.54) is 0 Å². The lowest BCUT2D eigenvalue weighted by atomic mass is 10.2. The zero-order valence-corrected chi connectivity index (χ0v) is 9.60. The molecular weight excluding hydrogens is 194 g/mol. The molecule has 0 saturated carbocycles. The molecule has 1 heterocycles. The number of aliphatic hydroxyl groups excluding tert-OH is 1. The van der Waals surface area contributed by atoms with Crippen molar-refractivity contribution in [3.05, 3.63) is 11.6 Å². The van der Waals surface area contributed by atoms with Gasteiger partial charge >= 0.3 is 0 Å². The molecule has 1 aromatic heterocycles. The summed E-state index contributed by atoms with van der Waals surface area (Å²) in [6, 6.07) is 0. The monoisotopic (exact) mass is 213 g/mol. The topological polar surface area (TPSA) is 60.2 Å². The molecule has 0 radical (unpaired) electrons. The molecule has 15 heavy (non-hydrogen) atoms. The van der Waals surface area contributed by atoms with Crippen LogP contribution in [0.2, 0.25) is 0 Å². The molecule has 0 bridgehead atoms. The van der Waals surface area contributed by atoms with Crippen molar-refractivity contribution in [3.8, 4) is 0 Å². The largest absolute Gasteiger partial charge is 0.388 e. The van der Waals surface area contributed by atoms with Crippen LogP contribution in [0.5, 0.6) is 0 Å². The Morgan fingerprint density at radius 2 is 2.07 bits per heavy atom.